The van der Waals surface area contributed by atoms with Crippen molar-refractivity contribution in [2.24, 2.45) is 0 Å². The van der Waals surface area contributed by atoms with Gasteiger partial charge in [0, 0.05) is 16.8 Å². The molecule has 0 fully saturated rings. The van der Waals surface area contributed by atoms with Crippen LogP contribution in [-0.2, 0) is 6.54 Å². The minimum absolute atomic E-state index is 0.0565. The monoisotopic (exact) mass is 300 g/mol. The molecule has 0 aliphatic carbocycles. The van der Waals surface area contributed by atoms with Gasteiger partial charge in [0.2, 0.25) is 0 Å². The summed E-state index contributed by atoms with van der Waals surface area (Å²) >= 11 is 11.6. The summed E-state index contributed by atoms with van der Waals surface area (Å²) in [6.45, 7) is -0.0565. The van der Waals surface area contributed by atoms with Gasteiger partial charge in [0.05, 0.1) is 12.6 Å². The quantitative estimate of drug-likeness (QED) is 0.903. The molecule has 0 spiro atoms. The van der Waals surface area contributed by atoms with Gasteiger partial charge in [-0.1, -0.05) is 41.4 Å². The standard InChI is InChI=1S/C12H10Cl2N2O3/c13-8-4-2-1-3-7(8)10(17)6-16-5-9(14)11(18)15-12(16)19/h1-5,10,17H,6H2,(H,15,18,19)/t10-/m0/s1. The summed E-state index contributed by atoms with van der Waals surface area (Å²) in [5.41, 5.74) is -0.797. The van der Waals surface area contributed by atoms with Gasteiger partial charge in [-0.25, -0.2) is 4.79 Å². The second kappa shape index (κ2) is 5.61. The van der Waals surface area contributed by atoms with Gasteiger partial charge in [-0.2, -0.15) is 0 Å². The lowest BCUT2D eigenvalue weighted by molar-refractivity contribution is 0.154. The minimum atomic E-state index is -0.978. The van der Waals surface area contributed by atoms with E-state index in [-0.39, 0.29) is 11.6 Å². The molecule has 2 aromatic rings. The SMILES string of the molecule is O=c1[nH]c(=O)n(C[C@H](O)c2ccccc2Cl)cc1Cl. The number of nitrogens with zero attached hydrogens (tertiary/aromatic N) is 1. The first-order valence-corrected chi connectivity index (χ1v) is 6.16. The summed E-state index contributed by atoms with van der Waals surface area (Å²) in [7, 11) is 0. The molecule has 0 aliphatic rings. The zero-order valence-corrected chi connectivity index (χ0v) is 11.1. The van der Waals surface area contributed by atoms with E-state index in [1.165, 1.54) is 6.20 Å². The third-order valence-electron chi connectivity index (χ3n) is 2.60. The molecule has 0 unspecified atom stereocenters. The molecule has 1 aromatic heterocycles. The number of aliphatic hydroxyl groups is 1. The van der Waals surface area contributed by atoms with Gasteiger partial charge in [-0.15, -0.1) is 0 Å². The van der Waals surface area contributed by atoms with E-state index in [0.717, 1.165) is 4.57 Å². The lowest BCUT2D eigenvalue weighted by atomic mass is 10.1. The number of rotatable bonds is 3. The van der Waals surface area contributed by atoms with Gasteiger partial charge < -0.3 is 5.11 Å². The van der Waals surface area contributed by atoms with Crippen molar-refractivity contribution in [3.63, 3.8) is 0 Å². The number of benzene rings is 1. The van der Waals surface area contributed by atoms with Gasteiger partial charge in [0.25, 0.3) is 5.56 Å². The number of aliphatic hydroxyl groups excluding tert-OH is 1. The zero-order valence-electron chi connectivity index (χ0n) is 9.64. The largest absolute Gasteiger partial charge is 0.386 e. The predicted molar refractivity (Wildman–Crippen MR) is 72.7 cm³/mol. The van der Waals surface area contributed by atoms with Crippen molar-refractivity contribution in [2.45, 2.75) is 12.6 Å². The molecule has 100 valence electrons. The summed E-state index contributed by atoms with van der Waals surface area (Å²) < 4.78 is 1.12. The number of nitrogens with one attached hydrogen (secondary N) is 1. The number of halogens is 2. The van der Waals surface area contributed by atoms with Crippen molar-refractivity contribution in [1.29, 1.82) is 0 Å². The fourth-order valence-electron chi connectivity index (χ4n) is 1.65. The number of hydrogen-bond donors (Lipinski definition) is 2. The fourth-order valence-corrected chi connectivity index (χ4v) is 2.08. The molecule has 7 heteroatoms. The van der Waals surface area contributed by atoms with Crippen LogP contribution in [0.1, 0.15) is 11.7 Å². The molecular weight excluding hydrogens is 291 g/mol. The van der Waals surface area contributed by atoms with Crippen LogP contribution in [0.5, 0.6) is 0 Å². The van der Waals surface area contributed by atoms with Crippen molar-refractivity contribution < 1.29 is 5.11 Å². The van der Waals surface area contributed by atoms with Crippen molar-refractivity contribution >= 4 is 23.2 Å². The maximum absolute atomic E-state index is 11.5. The Hall–Kier alpha value is -1.56. The molecule has 1 atom stereocenters. The highest BCUT2D eigenvalue weighted by molar-refractivity contribution is 6.31. The van der Waals surface area contributed by atoms with Crippen LogP contribution in [0.15, 0.2) is 40.1 Å². The van der Waals surface area contributed by atoms with Gasteiger partial charge in [0.15, 0.2) is 0 Å². The average Bonchev–Trinajstić information content (AvgIpc) is 2.36. The van der Waals surface area contributed by atoms with Crippen molar-refractivity contribution in [1.82, 2.24) is 9.55 Å². The zero-order chi connectivity index (χ0) is 14.0. The van der Waals surface area contributed by atoms with E-state index in [1.807, 2.05) is 0 Å². The van der Waals surface area contributed by atoms with E-state index in [0.29, 0.717) is 10.6 Å². The third-order valence-corrected chi connectivity index (χ3v) is 3.21. The van der Waals surface area contributed by atoms with Crippen LogP contribution in [0.2, 0.25) is 10.0 Å². The van der Waals surface area contributed by atoms with Crippen molar-refractivity contribution in [3.05, 3.63) is 66.9 Å². The first-order chi connectivity index (χ1) is 8.99. The van der Waals surface area contributed by atoms with Gasteiger partial charge >= 0.3 is 5.69 Å². The van der Waals surface area contributed by atoms with E-state index in [1.54, 1.807) is 24.3 Å². The Labute approximate surface area is 118 Å². The highest BCUT2D eigenvalue weighted by atomic mass is 35.5. The van der Waals surface area contributed by atoms with Crippen LogP contribution >= 0.6 is 23.2 Å². The highest BCUT2D eigenvalue weighted by Gasteiger charge is 2.13. The molecule has 0 saturated carbocycles. The smallest absolute Gasteiger partial charge is 0.328 e. The normalized spacial score (nSPS) is 12.4. The molecule has 0 aliphatic heterocycles. The summed E-state index contributed by atoms with van der Waals surface area (Å²) in [4.78, 5) is 24.7. The van der Waals surface area contributed by atoms with Crippen LogP contribution < -0.4 is 11.2 Å². The maximum atomic E-state index is 11.5. The lowest BCUT2D eigenvalue weighted by Gasteiger charge is -2.14. The summed E-state index contributed by atoms with van der Waals surface area (Å²) in [5.74, 6) is 0. The Morgan fingerprint density at radius 3 is 2.58 bits per heavy atom. The Morgan fingerprint density at radius 1 is 1.21 bits per heavy atom. The van der Waals surface area contributed by atoms with Crippen LogP contribution in [-0.4, -0.2) is 14.7 Å². The van der Waals surface area contributed by atoms with E-state index < -0.39 is 17.4 Å². The third kappa shape index (κ3) is 3.07. The molecule has 0 bridgehead atoms. The van der Waals surface area contributed by atoms with Crippen molar-refractivity contribution in [2.75, 3.05) is 0 Å². The minimum Gasteiger partial charge on any atom is -0.386 e. The predicted octanol–water partition coefficient (Wildman–Crippen LogP) is 1.58. The maximum Gasteiger partial charge on any atom is 0.328 e. The average molecular weight is 301 g/mol. The van der Waals surface area contributed by atoms with E-state index >= 15 is 0 Å². The Balaban J connectivity index is 2.32. The molecule has 2 N–H and O–H groups in total. The highest BCUT2D eigenvalue weighted by Crippen LogP contribution is 2.23. The first-order valence-electron chi connectivity index (χ1n) is 5.41. The number of H-pyrrole nitrogens is 1. The number of hydrogen-bond acceptors (Lipinski definition) is 3. The molecule has 19 heavy (non-hydrogen) atoms. The first kappa shape index (κ1) is 13.9. The molecule has 2 rings (SSSR count). The summed E-state index contributed by atoms with van der Waals surface area (Å²) in [6.07, 6.45) is 0.205. The molecule has 0 radical (unpaired) electrons. The molecule has 5 nitrogen and oxygen atoms in total. The Kier molecular flexibility index (Phi) is 4.09. The van der Waals surface area contributed by atoms with E-state index in [4.69, 9.17) is 23.2 Å². The second-order valence-electron chi connectivity index (χ2n) is 3.93. The molecule has 0 saturated heterocycles. The molecular formula is C12H10Cl2N2O3. The Morgan fingerprint density at radius 2 is 1.89 bits per heavy atom. The van der Waals surface area contributed by atoms with Gasteiger partial charge in [0.1, 0.15) is 5.02 Å². The second-order valence-corrected chi connectivity index (χ2v) is 4.74. The van der Waals surface area contributed by atoms with E-state index in [2.05, 4.69) is 4.98 Å². The van der Waals surface area contributed by atoms with Crippen LogP contribution in [0, 0.1) is 0 Å². The van der Waals surface area contributed by atoms with Crippen LogP contribution in [0.3, 0.4) is 0 Å². The Bertz CT molecular complexity index is 709. The molecule has 1 aromatic carbocycles. The topological polar surface area (TPSA) is 75.1 Å². The number of aromatic nitrogens is 2. The van der Waals surface area contributed by atoms with Crippen molar-refractivity contribution in [3.8, 4) is 0 Å². The van der Waals surface area contributed by atoms with Gasteiger partial charge in [-0.05, 0) is 6.07 Å². The lowest BCUT2D eigenvalue weighted by Crippen LogP contribution is -2.31. The van der Waals surface area contributed by atoms with Gasteiger partial charge in [-0.3, -0.25) is 14.3 Å². The molecule has 0 amide bonds. The summed E-state index contributed by atoms with van der Waals surface area (Å²) in [5, 5.41) is 10.3. The number of aromatic amines is 1. The summed E-state index contributed by atoms with van der Waals surface area (Å²) in [6, 6.07) is 6.77. The van der Waals surface area contributed by atoms with Crippen LogP contribution in [0.25, 0.3) is 0 Å². The van der Waals surface area contributed by atoms with E-state index in [9.17, 15) is 14.7 Å². The molecule has 1 heterocycles. The van der Waals surface area contributed by atoms with Crippen LogP contribution in [0.4, 0.5) is 0 Å². The fraction of sp³-hybridized carbons (Fsp3) is 0.167.